The molecule has 0 aromatic heterocycles. The van der Waals surface area contributed by atoms with Gasteiger partial charge in [0.2, 0.25) is 5.91 Å². The lowest BCUT2D eigenvalue weighted by Crippen LogP contribution is -2.28. The molecule has 0 saturated heterocycles. The Morgan fingerprint density at radius 1 is 1.14 bits per heavy atom. The zero-order valence-electron chi connectivity index (χ0n) is 13.0. The number of amides is 1. The van der Waals surface area contributed by atoms with Crippen molar-refractivity contribution in [2.45, 2.75) is 31.7 Å². The summed E-state index contributed by atoms with van der Waals surface area (Å²) < 4.78 is 12.8. The largest absolute Gasteiger partial charge is 0.349 e. The molecule has 1 amide bonds. The number of hydrogen-bond acceptors (Lipinski definition) is 2. The molecule has 2 rings (SSSR count). The van der Waals surface area contributed by atoms with Crippen LogP contribution in [0, 0.1) is 19.7 Å². The first-order valence-corrected chi connectivity index (χ1v) is 8.19. The van der Waals surface area contributed by atoms with E-state index in [1.165, 1.54) is 35.0 Å². The molecule has 4 heteroatoms. The molecular formula is C18H20FNOS. The van der Waals surface area contributed by atoms with Crippen LogP contribution in [0.15, 0.2) is 47.4 Å². The summed E-state index contributed by atoms with van der Waals surface area (Å²) in [4.78, 5) is 12.9. The Labute approximate surface area is 135 Å². The van der Waals surface area contributed by atoms with E-state index in [9.17, 15) is 9.18 Å². The number of carbonyl (C=O) groups excluding carboxylic acids is 1. The number of halogens is 1. The minimum absolute atomic E-state index is 0.0272. The van der Waals surface area contributed by atoms with Gasteiger partial charge in [-0.3, -0.25) is 4.79 Å². The van der Waals surface area contributed by atoms with Crippen LogP contribution in [0.1, 0.15) is 29.7 Å². The summed E-state index contributed by atoms with van der Waals surface area (Å²) in [5.74, 6) is 0.0260. The Morgan fingerprint density at radius 3 is 2.45 bits per heavy atom. The monoisotopic (exact) mass is 317 g/mol. The van der Waals surface area contributed by atoms with E-state index < -0.39 is 0 Å². The van der Waals surface area contributed by atoms with Gasteiger partial charge in [0.15, 0.2) is 0 Å². The van der Waals surface area contributed by atoms with E-state index in [0.717, 1.165) is 10.5 Å². The summed E-state index contributed by atoms with van der Waals surface area (Å²) in [7, 11) is 0. The maximum absolute atomic E-state index is 12.8. The van der Waals surface area contributed by atoms with Gasteiger partial charge in [0, 0.05) is 4.90 Å². The van der Waals surface area contributed by atoms with E-state index in [1.54, 1.807) is 12.1 Å². The summed E-state index contributed by atoms with van der Waals surface area (Å²) in [6.45, 7) is 6.12. The van der Waals surface area contributed by atoms with Crippen LogP contribution < -0.4 is 5.32 Å². The van der Waals surface area contributed by atoms with Crippen LogP contribution >= 0.6 is 11.8 Å². The molecule has 0 heterocycles. The number of carbonyl (C=O) groups is 1. The number of hydrogen-bond donors (Lipinski definition) is 1. The molecule has 2 nitrogen and oxygen atoms in total. The van der Waals surface area contributed by atoms with Crippen molar-refractivity contribution in [1.29, 1.82) is 0 Å². The lowest BCUT2D eigenvalue weighted by atomic mass is 10.0. The van der Waals surface area contributed by atoms with Gasteiger partial charge >= 0.3 is 0 Å². The predicted molar refractivity (Wildman–Crippen MR) is 89.6 cm³/mol. The summed E-state index contributed by atoms with van der Waals surface area (Å²) in [6, 6.07) is 12.4. The van der Waals surface area contributed by atoms with Gasteiger partial charge in [-0.05, 0) is 61.7 Å². The van der Waals surface area contributed by atoms with Crippen molar-refractivity contribution in [1.82, 2.24) is 5.32 Å². The number of aryl methyl sites for hydroxylation is 2. The van der Waals surface area contributed by atoms with Crippen molar-refractivity contribution in [3.8, 4) is 0 Å². The smallest absolute Gasteiger partial charge is 0.230 e. The molecule has 0 spiro atoms. The Balaban J connectivity index is 1.88. The van der Waals surface area contributed by atoms with Gasteiger partial charge in [0.25, 0.3) is 0 Å². The maximum atomic E-state index is 12.8. The average Bonchev–Trinajstić information content (AvgIpc) is 2.49. The fourth-order valence-corrected chi connectivity index (χ4v) is 2.79. The molecule has 0 unspecified atom stereocenters. The van der Waals surface area contributed by atoms with Gasteiger partial charge in [0.05, 0.1) is 11.8 Å². The minimum atomic E-state index is -0.267. The van der Waals surface area contributed by atoms with Gasteiger partial charge in [-0.2, -0.15) is 0 Å². The van der Waals surface area contributed by atoms with Crippen LogP contribution in [0.2, 0.25) is 0 Å². The molecule has 0 bridgehead atoms. The zero-order valence-corrected chi connectivity index (χ0v) is 13.8. The fourth-order valence-electron chi connectivity index (χ4n) is 2.08. The van der Waals surface area contributed by atoms with Crippen molar-refractivity contribution in [3.05, 3.63) is 65.0 Å². The molecule has 0 aliphatic heterocycles. The molecule has 22 heavy (non-hydrogen) atoms. The molecule has 2 aromatic rings. The second-order valence-electron chi connectivity index (χ2n) is 5.38. The number of rotatable bonds is 5. The molecule has 2 aromatic carbocycles. The average molecular weight is 317 g/mol. The van der Waals surface area contributed by atoms with Gasteiger partial charge in [-0.1, -0.05) is 18.2 Å². The number of thioether (sulfide) groups is 1. The summed E-state index contributed by atoms with van der Waals surface area (Å²) >= 11 is 1.40. The van der Waals surface area contributed by atoms with Crippen LogP contribution in [-0.2, 0) is 4.79 Å². The predicted octanol–water partition coefficient (Wildman–Crippen LogP) is 4.41. The maximum Gasteiger partial charge on any atom is 0.230 e. The second-order valence-corrected chi connectivity index (χ2v) is 6.42. The quantitative estimate of drug-likeness (QED) is 0.828. The molecule has 0 fully saturated rings. The number of benzene rings is 2. The first kappa shape index (κ1) is 16.6. The normalized spacial score (nSPS) is 12.0. The van der Waals surface area contributed by atoms with Crippen molar-refractivity contribution < 1.29 is 9.18 Å². The molecule has 0 aliphatic rings. The van der Waals surface area contributed by atoms with E-state index in [-0.39, 0.29) is 17.8 Å². The first-order chi connectivity index (χ1) is 10.5. The van der Waals surface area contributed by atoms with Crippen LogP contribution in [0.5, 0.6) is 0 Å². The van der Waals surface area contributed by atoms with Gasteiger partial charge < -0.3 is 5.32 Å². The Morgan fingerprint density at radius 2 is 1.82 bits per heavy atom. The lowest BCUT2D eigenvalue weighted by Gasteiger charge is -2.15. The fraction of sp³-hybridized carbons (Fsp3) is 0.278. The lowest BCUT2D eigenvalue weighted by molar-refractivity contribution is -0.119. The summed E-state index contributed by atoms with van der Waals surface area (Å²) in [5.41, 5.74) is 3.57. The molecule has 0 saturated carbocycles. The number of nitrogens with one attached hydrogen (secondary N) is 1. The highest BCUT2D eigenvalue weighted by atomic mass is 32.2. The second kappa shape index (κ2) is 7.45. The highest BCUT2D eigenvalue weighted by Crippen LogP contribution is 2.19. The van der Waals surface area contributed by atoms with Crippen LogP contribution in [-0.4, -0.2) is 11.7 Å². The standard InChI is InChI=1S/C18H20FNOS/c1-12-4-5-15(10-13(12)2)14(3)20-18(21)11-22-17-8-6-16(19)7-9-17/h4-10,14H,11H2,1-3H3,(H,20,21)/t14-/m0/s1. The molecule has 1 N–H and O–H groups in total. The molecule has 0 aliphatic carbocycles. The molecular weight excluding hydrogens is 297 g/mol. The van der Waals surface area contributed by atoms with Crippen molar-refractivity contribution in [2.75, 3.05) is 5.75 Å². The van der Waals surface area contributed by atoms with Crippen LogP contribution in [0.3, 0.4) is 0 Å². The molecule has 116 valence electrons. The third kappa shape index (κ3) is 4.60. The first-order valence-electron chi connectivity index (χ1n) is 7.20. The SMILES string of the molecule is Cc1ccc([C@H](C)NC(=O)CSc2ccc(F)cc2)cc1C. The Kier molecular flexibility index (Phi) is 5.61. The molecule has 1 atom stereocenters. The minimum Gasteiger partial charge on any atom is -0.349 e. The van der Waals surface area contributed by atoms with Crippen molar-refractivity contribution in [3.63, 3.8) is 0 Å². The highest BCUT2D eigenvalue weighted by Gasteiger charge is 2.10. The van der Waals surface area contributed by atoms with Crippen molar-refractivity contribution >= 4 is 17.7 Å². The topological polar surface area (TPSA) is 29.1 Å². The third-order valence-corrected chi connectivity index (χ3v) is 4.60. The van der Waals surface area contributed by atoms with Crippen molar-refractivity contribution in [2.24, 2.45) is 0 Å². The van der Waals surface area contributed by atoms with Gasteiger partial charge in [-0.25, -0.2) is 4.39 Å². The van der Waals surface area contributed by atoms with Gasteiger partial charge in [-0.15, -0.1) is 11.8 Å². The van der Waals surface area contributed by atoms with Crippen LogP contribution in [0.25, 0.3) is 0 Å². The summed E-state index contributed by atoms with van der Waals surface area (Å²) in [5, 5.41) is 2.99. The van der Waals surface area contributed by atoms with E-state index in [1.807, 2.05) is 13.0 Å². The Hall–Kier alpha value is -1.81. The molecule has 0 radical (unpaired) electrons. The van der Waals surface area contributed by atoms with E-state index in [2.05, 4.69) is 31.3 Å². The summed E-state index contributed by atoms with van der Waals surface area (Å²) in [6.07, 6.45) is 0. The zero-order chi connectivity index (χ0) is 16.1. The van der Waals surface area contributed by atoms with Gasteiger partial charge in [0.1, 0.15) is 5.82 Å². The highest BCUT2D eigenvalue weighted by molar-refractivity contribution is 8.00. The van der Waals surface area contributed by atoms with E-state index in [0.29, 0.717) is 5.75 Å². The van der Waals surface area contributed by atoms with E-state index in [4.69, 9.17) is 0 Å². The Bertz CT molecular complexity index is 655. The van der Waals surface area contributed by atoms with Crippen LogP contribution in [0.4, 0.5) is 4.39 Å². The third-order valence-electron chi connectivity index (χ3n) is 3.59. The van der Waals surface area contributed by atoms with E-state index >= 15 is 0 Å².